The topological polar surface area (TPSA) is 17.8 Å². The molecule has 0 spiro atoms. The Morgan fingerprint density at radius 3 is 2.50 bits per heavy atom. The minimum Gasteiger partial charge on any atom is -0.254 e. The highest BCUT2D eigenvalue weighted by atomic mass is 79.9. The third-order valence-corrected chi connectivity index (χ3v) is 2.79. The molecule has 0 aliphatic rings. The first-order chi connectivity index (χ1) is 6.75. The predicted molar refractivity (Wildman–Crippen MR) is 60.2 cm³/mol. The Labute approximate surface area is 91.7 Å². The zero-order chi connectivity index (χ0) is 9.97. The van der Waals surface area contributed by atoms with Crippen LogP contribution in [0.4, 0.5) is 0 Å². The largest absolute Gasteiger partial charge is 0.254 e. The van der Waals surface area contributed by atoms with Gasteiger partial charge >= 0.3 is 0 Å². The molecule has 0 unspecified atom stereocenters. The summed E-state index contributed by atoms with van der Waals surface area (Å²) < 4.78 is 2.93. The monoisotopic (exact) mass is 250 g/mol. The molecule has 2 nitrogen and oxygen atoms in total. The summed E-state index contributed by atoms with van der Waals surface area (Å²) in [5.41, 5.74) is 2.55. The second kappa shape index (κ2) is 3.96. The predicted octanol–water partition coefficient (Wildman–Crippen LogP) is 3.00. The molecular formula is C11H11BrN2. The zero-order valence-corrected chi connectivity index (χ0v) is 9.53. The van der Waals surface area contributed by atoms with E-state index in [1.807, 2.05) is 10.7 Å². The van der Waals surface area contributed by atoms with Crippen LogP contribution in [0.25, 0.3) is 0 Å². The Kier molecular flexibility index (Phi) is 2.68. The Bertz CT molecular complexity index is 417. The van der Waals surface area contributed by atoms with Gasteiger partial charge in [0, 0.05) is 0 Å². The van der Waals surface area contributed by atoms with Crippen LogP contribution in [-0.4, -0.2) is 9.78 Å². The third-order valence-electron chi connectivity index (χ3n) is 2.12. The lowest BCUT2D eigenvalue weighted by atomic mass is 10.1. The first kappa shape index (κ1) is 9.46. The molecule has 0 N–H and O–H groups in total. The van der Waals surface area contributed by atoms with Gasteiger partial charge in [-0.15, -0.1) is 0 Å². The van der Waals surface area contributed by atoms with Crippen LogP contribution in [0.5, 0.6) is 0 Å². The van der Waals surface area contributed by atoms with Crippen LogP contribution in [0.3, 0.4) is 0 Å². The van der Waals surface area contributed by atoms with Crippen LogP contribution in [0.1, 0.15) is 11.1 Å². The van der Waals surface area contributed by atoms with Crippen LogP contribution >= 0.6 is 15.9 Å². The van der Waals surface area contributed by atoms with E-state index >= 15 is 0 Å². The van der Waals surface area contributed by atoms with Gasteiger partial charge in [0.1, 0.15) is 4.60 Å². The molecule has 0 aliphatic heterocycles. The summed E-state index contributed by atoms with van der Waals surface area (Å²) in [5.74, 6) is 0. The van der Waals surface area contributed by atoms with Crippen molar-refractivity contribution in [2.24, 2.45) is 0 Å². The van der Waals surface area contributed by atoms with Gasteiger partial charge in [-0.05, 0) is 34.5 Å². The SMILES string of the molecule is Cc1ccc(Cn2nccc2Br)cc1. The molecule has 14 heavy (non-hydrogen) atoms. The van der Waals surface area contributed by atoms with Crippen LogP contribution in [0.2, 0.25) is 0 Å². The summed E-state index contributed by atoms with van der Waals surface area (Å²) in [6, 6.07) is 10.4. The first-order valence-corrected chi connectivity index (χ1v) is 5.28. The number of rotatable bonds is 2. The zero-order valence-electron chi connectivity index (χ0n) is 7.94. The van der Waals surface area contributed by atoms with E-state index < -0.39 is 0 Å². The number of aryl methyl sites for hydroxylation is 1. The van der Waals surface area contributed by atoms with Gasteiger partial charge in [-0.2, -0.15) is 5.10 Å². The maximum atomic E-state index is 4.20. The standard InChI is InChI=1S/C11H11BrN2/c1-9-2-4-10(5-3-9)8-14-11(12)6-7-13-14/h2-7H,8H2,1H3. The van der Waals surface area contributed by atoms with Gasteiger partial charge in [-0.25, -0.2) is 0 Å². The third kappa shape index (κ3) is 2.04. The molecule has 1 aromatic heterocycles. The maximum absolute atomic E-state index is 4.20. The lowest BCUT2D eigenvalue weighted by Gasteiger charge is -2.03. The average molecular weight is 251 g/mol. The van der Waals surface area contributed by atoms with E-state index in [0.717, 1.165) is 11.1 Å². The summed E-state index contributed by atoms with van der Waals surface area (Å²) in [4.78, 5) is 0. The average Bonchev–Trinajstić information content (AvgIpc) is 2.56. The molecule has 3 heteroatoms. The fourth-order valence-electron chi connectivity index (χ4n) is 1.30. The number of nitrogens with zero attached hydrogens (tertiary/aromatic N) is 2. The molecule has 1 heterocycles. The molecule has 0 saturated carbocycles. The molecular weight excluding hydrogens is 240 g/mol. The highest BCUT2D eigenvalue weighted by molar-refractivity contribution is 9.10. The van der Waals surface area contributed by atoms with Crippen molar-refractivity contribution in [1.82, 2.24) is 9.78 Å². The van der Waals surface area contributed by atoms with Crippen molar-refractivity contribution >= 4 is 15.9 Å². The molecule has 0 atom stereocenters. The van der Waals surface area contributed by atoms with Gasteiger partial charge in [0.2, 0.25) is 0 Å². The van der Waals surface area contributed by atoms with Crippen molar-refractivity contribution in [1.29, 1.82) is 0 Å². The Morgan fingerprint density at radius 2 is 1.93 bits per heavy atom. The van der Waals surface area contributed by atoms with Crippen molar-refractivity contribution in [3.63, 3.8) is 0 Å². The van der Waals surface area contributed by atoms with Crippen LogP contribution in [0.15, 0.2) is 41.1 Å². The van der Waals surface area contributed by atoms with E-state index in [2.05, 4.69) is 52.2 Å². The van der Waals surface area contributed by atoms with Crippen molar-refractivity contribution in [3.8, 4) is 0 Å². The number of halogens is 1. The fourth-order valence-corrected chi connectivity index (χ4v) is 1.63. The molecule has 0 radical (unpaired) electrons. The van der Waals surface area contributed by atoms with Crippen molar-refractivity contribution in [2.45, 2.75) is 13.5 Å². The molecule has 0 aliphatic carbocycles. The van der Waals surface area contributed by atoms with Crippen molar-refractivity contribution in [2.75, 3.05) is 0 Å². The maximum Gasteiger partial charge on any atom is 0.104 e. The lowest BCUT2D eigenvalue weighted by Crippen LogP contribution is -2.01. The first-order valence-electron chi connectivity index (χ1n) is 4.48. The van der Waals surface area contributed by atoms with E-state index in [9.17, 15) is 0 Å². The number of benzene rings is 1. The van der Waals surface area contributed by atoms with Gasteiger partial charge in [-0.1, -0.05) is 29.8 Å². The molecule has 0 saturated heterocycles. The second-order valence-electron chi connectivity index (χ2n) is 3.30. The van der Waals surface area contributed by atoms with Crippen molar-refractivity contribution < 1.29 is 0 Å². The van der Waals surface area contributed by atoms with Crippen molar-refractivity contribution in [3.05, 3.63) is 52.3 Å². The Hall–Kier alpha value is -1.09. The van der Waals surface area contributed by atoms with Gasteiger partial charge in [-0.3, -0.25) is 4.68 Å². The summed E-state index contributed by atoms with van der Waals surface area (Å²) in [6.45, 7) is 2.90. The highest BCUT2D eigenvalue weighted by Crippen LogP contribution is 2.11. The molecule has 0 fully saturated rings. The minimum atomic E-state index is 0.813. The number of aromatic nitrogens is 2. The van der Waals surface area contributed by atoms with Gasteiger partial charge < -0.3 is 0 Å². The fraction of sp³-hybridized carbons (Fsp3) is 0.182. The second-order valence-corrected chi connectivity index (χ2v) is 4.11. The van der Waals surface area contributed by atoms with Gasteiger partial charge in [0.25, 0.3) is 0 Å². The molecule has 2 aromatic rings. The highest BCUT2D eigenvalue weighted by Gasteiger charge is 1.99. The molecule has 72 valence electrons. The molecule has 2 rings (SSSR count). The van der Waals surface area contributed by atoms with Gasteiger partial charge in [0.05, 0.1) is 12.7 Å². The van der Waals surface area contributed by atoms with E-state index in [0.29, 0.717) is 0 Å². The summed E-state index contributed by atoms with van der Waals surface area (Å²) in [6.07, 6.45) is 1.79. The quantitative estimate of drug-likeness (QED) is 0.802. The van der Waals surface area contributed by atoms with Gasteiger partial charge in [0.15, 0.2) is 0 Å². The van der Waals surface area contributed by atoms with Crippen LogP contribution in [-0.2, 0) is 6.54 Å². The van der Waals surface area contributed by atoms with Crippen LogP contribution < -0.4 is 0 Å². The normalized spacial score (nSPS) is 10.4. The van der Waals surface area contributed by atoms with E-state index in [4.69, 9.17) is 0 Å². The van der Waals surface area contributed by atoms with E-state index in [1.54, 1.807) is 6.20 Å². The number of hydrogen-bond donors (Lipinski definition) is 0. The number of hydrogen-bond acceptors (Lipinski definition) is 1. The Balaban J connectivity index is 2.19. The summed E-state index contributed by atoms with van der Waals surface area (Å²) >= 11 is 3.44. The summed E-state index contributed by atoms with van der Waals surface area (Å²) in [5, 5.41) is 4.20. The Morgan fingerprint density at radius 1 is 1.21 bits per heavy atom. The molecule has 0 bridgehead atoms. The van der Waals surface area contributed by atoms with E-state index in [-0.39, 0.29) is 0 Å². The lowest BCUT2D eigenvalue weighted by molar-refractivity contribution is 0.671. The molecule has 1 aromatic carbocycles. The van der Waals surface area contributed by atoms with E-state index in [1.165, 1.54) is 11.1 Å². The smallest absolute Gasteiger partial charge is 0.104 e. The summed E-state index contributed by atoms with van der Waals surface area (Å²) in [7, 11) is 0. The van der Waals surface area contributed by atoms with Crippen LogP contribution in [0, 0.1) is 6.92 Å². The minimum absolute atomic E-state index is 0.813. The molecule has 0 amide bonds.